The molecule has 0 N–H and O–H groups in total. The van der Waals surface area contributed by atoms with E-state index in [-0.39, 0.29) is 11.8 Å². The van der Waals surface area contributed by atoms with Crippen LogP contribution in [-0.2, 0) is 4.74 Å². The highest BCUT2D eigenvalue weighted by molar-refractivity contribution is 5.68. The minimum atomic E-state index is -0.483. The molecule has 1 aliphatic heterocycles. The zero-order valence-electron chi connectivity index (χ0n) is 14.7. The van der Waals surface area contributed by atoms with Crippen LogP contribution in [0.15, 0.2) is 24.3 Å². The summed E-state index contributed by atoms with van der Waals surface area (Å²) in [6.07, 6.45) is 1.42. The van der Waals surface area contributed by atoms with Crippen LogP contribution in [0.4, 0.5) is 16.2 Å². The number of benzene rings is 1. The molecule has 0 bridgehead atoms. The third kappa shape index (κ3) is 4.59. The minimum Gasteiger partial charge on any atom is -0.444 e. The number of nitrogens with zero attached hydrogens (tertiary/aromatic N) is 3. The number of carbonyl (C=O) groups excluding carboxylic acids is 1. The van der Waals surface area contributed by atoms with Crippen molar-refractivity contribution in [2.24, 2.45) is 0 Å². The van der Waals surface area contributed by atoms with Gasteiger partial charge in [0.15, 0.2) is 0 Å². The van der Waals surface area contributed by atoms with Gasteiger partial charge in [0.1, 0.15) is 5.60 Å². The van der Waals surface area contributed by atoms with E-state index in [4.69, 9.17) is 4.74 Å². The average Bonchev–Trinajstić information content (AvgIpc) is 2.53. The third-order valence-corrected chi connectivity index (χ3v) is 4.13. The van der Waals surface area contributed by atoms with Crippen LogP contribution in [0.3, 0.4) is 0 Å². The topological polar surface area (TPSA) is 75.9 Å². The molecule has 24 heavy (non-hydrogen) atoms. The number of piperidine rings is 1. The molecule has 1 fully saturated rings. The lowest BCUT2D eigenvalue weighted by Crippen LogP contribution is -2.47. The highest BCUT2D eigenvalue weighted by Gasteiger charge is 2.28. The molecule has 1 amide bonds. The molecule has 0 radical (unpaired) electrons. The third-order valence-electron chi connectivity index (χ3n) is 4.13. The Balaban J connectivity index is 1.91. The second kappa shape index (κ2) is 7.07. The summed E-state index contributed by atoms with van der Waals surface area (Å²) in [6.45, 7) is 6.88. The summed E-state index contributed by atoms with van der Waals surface area (Å²) < 4.78 is 5.40. The van der Waals surface area contributed by atoms with Crippen molar-refractivity contribution in [3.05, 3.63) is 34.4 Å². The Labute approximate surface area is 142 Å². The van der Waals surface area contributed by atoms with Gasteiger partial charge in [-0.2, -0.15) is 0 Å². The quantitative estimate of drug-likeness (QED) is 0.625. The van der Waals surface area contributed by atoms with Gasteiger partial charge in [-0.05, 0) is 45.7 Å². The molecule has 0 aliphatic carbocycles. The summed E-state index contributed by atoms with van der Waals surface area (Å²) in [4.78, 5) is 26.3. The number of anilines is 1. The van der Waals surface area contributed by atoms with Crippen LogP contribution in [0.2, 0.25) is 0 Å². The van der Waals surface area contributed by atoms with Gasteiger partial charge in [-0.25, -0.2) is 4.79 Å². The van der Waals surface area contributed by atoms with Crippen molar-refractivity contribution in [1.29, 1.82) is 0 Å². The van der Waals surface area contributed by atoms with E-state index in [1.165, 1.54) is 12.1 Å². The summed E-state index contributed by atoms with van der Waals surface area (Å²) in [5.74, 6) is 0. The Morgan fingerprint density at radius 3 is 2.25 bits per heavy atom. The lowest BCUT2D eigenvalue weighted by Gasteiger charge is -2.38. The van der Waals surface area contributed by atoms with Crippen molar-refractivity contribution in [3.63, 3.8) is 0 Å². The average molecular weight is 335 g/mol. The normalized spacial score (nSPS) is 15.9. The number of likely N-dealkylation sites (tertiary alicyclic amines) is 1. The number of hydrogen-bond acceptors (Lipinski definition) is 5. The highest BCUT2D eigenvalue weighted by atomic mass is 16.6. The van der Waals surface area contributed by atoms with Gasteiger partial charge in [-0.3, -0.25) is 10.1 Å². The SMILES string of the molecule is CN(c1ccc([N+](=O)[O-])cc1)C1CCN(C(=O)OC(C)(C)C)CC1. The number of carbonyl (C=O) groups is 1. The second-order valence-electron chi connectivity index (χ2n) is 7.08. The number of nitro benzene ring substituents is 1. The van der Waals surface area contributed by atoms with Crippen LogP contribution in [-0.4, -0.2) is 47.7 Å². The maximum absolute atomic E-state index is 12.1. The molecule has 1 aliphatic rings. The van der Waals surface area contributed by atoms with Crippen molar-refractivity contribution < 1.29 is 14.5 Å². The van der Waals surface area contributed by atoms with E-state index in [0.717, 1.165) is 18.5 Å². The molecule has 0 saturated carbocycles. The van der Waals surface area contributed by atoms with Gasteiger partial charge in [-0.1, -0.05) is 0 Å². The number of ether oxygens (including phenoxy) is 1. The number of nitro groups is 1. The molecule has 0 aromatic heterocycles. The van der Waals surface area contributed by atoms with Crippen molar-refractivity contribution in [2.45, 2.75) is 45.3 Å². The van der Waals surface area contributed by atoms with Crippen LogP contribution in [0.5, 0.6) is 0 Å². The van der Waals surface area contributed by atoms with Crippen molar-refractivity contribution in [1.82, 2.24) is 4.90 Å². The number of non-ortho nitro benzene ring substituents is 1. The fourth-order valence-electron chi connectivity index (χ4n) is 2.78. The number of amides is 1. The zero-order valence-corrected chi connectivity index (χ0v) is 14.7. The number of hydrogen-bond donors (Lipinski definition) is 0. The van der Waals surface area contributed by atoms with Gasteiger partial charge in [0.2, 0.25) is 0 Å². The molecule has 1 aromatic carbocycles. The molecule has 1 heterocycles. The van der Waals surface area contributed by atoms with E-state index >= 15 is 0 Å². The van der Waals surface area contributed by atoms with Crippen LogP contribution >= 0.6 is 0 Å². The molecule has 1 aromatic rings. The first-order chi connectivity index (χ1) is 11.2. The number of rotatable bonds is 3. The molecule has 0 spiro atoms. The predicted molar refractivity (Wildman–Crippen MR) is 92.3 cm³/mol. The fraction of sp³-hybridized carbons (Fsp3) is 0.588. The summed E-state index contributed by atoms with van der Waals surface area (Å²) in [7, 11) is 1.98. The highest BCUT2D eigenvalue weighted by Crippen LogP contribution is 2.25. The second-order valence-corrected chi connectivity index (χ2v) is 7.08. The smallest absolute Gasteiger partial charge is 0.410 e. The van der Waals surface area contributed by atoms with E-state index in [1.807, 2.05) is 27.8 Å². The maximum atomic E-state index is 12.1. The largest absolute Gasteiger partial charge is 0.444 e. The van der Waals surface area contributed by atoms with Crippen molar-refractivity contribution >= 4 is 17.5 Å². The molecule has 132 valence electrons. The van der Waals surface area contributed by atoms with E-state index in [1.54, 1.807) is 17.0 Å². The summed E-state index contributed by atoms with van der Waals surface area (Å²) in [6, 6.07) is 6.85. The summed E-state index contributed by atoms with van der Waals surface area (Å²) in [5.41, 5.74) is 0.548. The van der Waals surface area contributed by atoms with Crippen molar-refractivity contribution in [2.75, 3.05) is 25.0 Å². The summed E-state index contributed by atoms with van der Waals surface area (Å²) in [5, 5.41) is 10.7. The molecule has 7 nitrogen and oxygen atoms in total. The van der Waals surface area contributed by atoms with E-state index in [2.05, 4.69) is 4.90 Å². The molecule has 1 saturated heterocycles. The van der Waals surface area contributed by atoms with Crippen LogP contribution in [0, 0.1) is 10.1 Å². The van der Waals surface area contributed by atoms with Gasteiger partial charge >= 0.3 is 6.09 Å². The Morgan fingerprint density at radius 2 is 1.79 bits per heavy atom. The lowest BCUT2D eigenvalue weighted by atomic mass is 10.0. The van der Waals surface area contributed by atoms with E-state index in [9.17, 15) is 14.9 Å². The first kappa shape index (κ1) is 18.0. The standard InChI is InChI=1S/C17H25N3O4/c1-17(2,3)24-16(21)19-11-9-14(10-12-19)18(4)13-5-7-15(8-6-13)20(22)23/h5-8,14H,9-12H2,1-4H3. The minimum absolute atomic E-state index is 0.0897. The van der Waals surface area contributed by atoms with Gasteiger partial charge in [0.25, 0.3) is 5.69 Å². The Hall–Kier alpha value is -2.31. The Kier molecular flexibility index (Phi) is 5.31. The molecular formula is C17H25N3O4. The van der Waals surface area contributed by atoms with Crippen LogP contribution in [0.25, 0.3) is 0 Å². The van der Waals surface area contributed by atoms with Gasteiger partial charge in [-0.15, -0.1) is 0 Å². The van der Waals surface area contributed by atoms with Crippen LogP contribution < -0.4 is 4.90 Å². The molecule has 0 atom stereocenters. The fourth-order valence-corrected chi connectivity index (χ4v) is 2.78. The zero-order chi connectivity index (χ0) is 17.9. The first-order valence-corrected chi connectivity index (χ1v) is 8.12. The molecule has 2 rings (SSSR count). The summed E-state index contributed by atoms with van der Waals surface area (Å²) >= 11 is 0. The maximum Gasteiger partial charge on any atom is 0.410 e. The van der Waals surface area contributed by atoms with Gasteiger partial charge in [0, 0.05) is 44.0 Å². The first-order valence-electron chi connectivity index (χ1n) is 8.12. The predicted octanol–water partition coefficient (Wildman–Crippen LogP) is 3.43. The lowest BCUT2D eigenvalue weighted by molar-refractivity contribution is -0.384. The molecule has 7 heteroatoms. The molecular weight excluding hydrogens is 310 g/mol. The van der Waals surface area contributed by atoms with Gasteiger partial charge in [0.05, 0.1) is 4.92 Å². The molecule has 0 unspecified atom stereocenters. The van der Waals surface area contributed by atoms with Crippen molar-refractivity contribution in [3.8, 4) is 0 Å². The van der Waals surface area contributed by atoms with Gasteiger partial charge < -0.3 is 14.5 Å². The Bertz CT molecular complexity index is 587. The van der Waals surface area contributed by atoms with E-state index in [0.29, 0.717) is 19.1 Å². The Morgan fingerprint density at radius 1 is 1.25 bits per heavy atom. The van der Waals surface area contributed by atoms with E-state index < -0.39 is 10.5 Å². The monoisotopic (exact) mass is 335 g/mol. The van der Waals surface area contributed by atoms with Crippen LogP contribution in [0.1, 0.15) is 33.6 Å².